The number of amides is 1. The highest BCUT2D eigenvalue weighted by Crippen LogP contribution is 2.35. The smallest absolute Gasteiger partial charge is 0.269 e. The van der Waals surface area contributed by atoms with Crippen molar-refractivity contribution >= 4 is 46.0 Å². The Morgan fingerprint density at radius 3 is 2.77 bits per heavy atom. The van der Waals surface area contributed by atoms with Crippen LogP contribution in [-0.4, -0.2) is 33.7 Å². The highest BCUT2D eigenvalue weighted by atomic mass is 32.2. The lowest BCUT2D eigenvalue weighted by Crippen LogP contribution is -2.27. The Balaban J connectivity index is 1.76. The van der Waals surface area contributed by atoms with Gasteiger partial charge < -0.3 is 9.47 Å². The minimum Gasteiger partial charge on any atom is -0.493 e. The Kier molecular flexibility index (Phi) is 6.86. The Labute approximate surface area is 183 Å². The van der Waals surface area contributed by atoms with Crippen LogP contribution in [0.5, 0.6) is 11.5 Å². The zero-order valence-electron chi connectivity index (χ0n) is 16.1. The van der Waals surface area contributed by atoms with Crippen molar-refractivity contribution in [2.75, 3.05) is 13.7 Å². The number of ether oxygens (including phenoxy) is 2. The molecule has 1 saturated heterocycles. The van der Waals surface area contributed by atoms with Crippen LogP contribution >= 0.6 is 24.0 Å². The van der Waals surface area contributed by atoms with Crippen molar-refractivity contribution in [1.82, 2.24) is 4.90 Å². The highest BCUT2D eigenvalue weighted by molar-refractivity contribution is 8.26. The van der Waals surface area contributed by atoms with Gasteiger partial charge in [-0.05, 0) is 29.3 Å². The molecule has 2 aromatic rings. The van der Waals surface area contributed by atoms with Gasteiger partial charge in [0.15, 0.2) is 11.5 Å². The number of thioether (sulfide) groups is 1. The average molecular weight is 443 g/mol. The molecule has 1 fully saturated rings. The Morgan fingerprint density at radius 2 is 2.07 bits per heavy atom. The quantitative estimate of drug-likeness (QED) is 0.195. The van der Waals surface area contributed by atoms with E-state index in [2.05, 4.69) is 6.58 Å². The molecule has 0 unspecified atom stereocenters. The maximum atomic E-state index is 12.5. The molecule has 0 bridgehead atoms. The van der Waals surface area contributed by atoms with Crippen LogP contribution in [0.3, 0.4) is 0 Å². The van der Waals surface area contributed by atoms with Gasteiger partial charge in [0.05, 0.1) is 16.9 Å². The fourth-order valence-corrected chi connectivity index (χ4v) is 4.03. The lowest BCUT2D eigenvalue weighted by atomic mass is 10.1. The van der Waals surface area contributed by atoms with Crippen LogP contribution in [0.4, 0.5) is 5.69 Å². The summed E-state index contributed by atoms with van der Waals surface area (Å²) in [5.41, 5.74) is 1.43. The first-order valence-electron chi connectivity index (χ1n) is 8.83. The summed E-state index contributed by atoms with van der Waals surface area (Å²) in [6, 6.07) is 11.5. The fourth-order valence-electron chi connectivity index (χ4n) is 2.75. The maximum absolute atomic E-state index is 12.5. The SMILES string of the molecule is C=CCN1C(=O)/C(=C\c2ccc(OCc3cccc([N+](=O)[O-])c3)c(OC)c2)SC1=S. The summed E-state index contributed by atoms with van der Waals surface area (Å²) in [5, 5.41) is 10.9. The number of hydrogen-bond acceptors (Lipinski definition) is 7. The fraction of sp³-hybridized carbons (Fsp3) is 0.143. The third kappa shape index (κ3) is 4.87. The van der Waals surface area contributed by atoms with Crippen LogP contribution in [0.1, 0.15) is 11.1 Å². The number of carbonyl (C=O) groups is 1. The van der Waals surface area contributed by atoms with E-state index >= 15 is 0 Å². The largest absolute Gasteiger partial charge is 0.493 e. The number of nitrogens with zero attached hydrogens (tertiary/aromatic N) is 2. The van der Waals surface area contributed by atoms with Crippen molar-refractivity contribution in [2.45, 2.75) is 6.61 Å². The van der Waals surface area contributed by atoms with E-state index < -0.39 is 4.92 Å². The number of thiocarbonyl (C=S) groups is 1. The van der Waals surface area contributed by atoms with Crippen LogP contribution in [0, 0.1) is 10.1 Å². The number of carbonyl (C=O) groups excluding carboxylic acids is 1. The minimum absolute atomic E-state index is 0.00665. The van der Waals surface area contributed by atoms with Crippen molar-refractivity contribution in [3.63, 3.8) is 0 Å². The molecule has 0 atom stereocenters. The Hall–Kier alpha value is -3.17. The third-order valence-corrected chi connectivity index (χ3v) is 5.56. The summed E-state index contributed by atoms with van der Waals surface area (Å²) < 4.78 is 11.7. The Bertz CT molecular complexity index is 1050. The number of non-ortho nitro benzene ring substituents is 1. The standard InChI is InChI=1S/C21H18N2O5S2/c1-3-9-22-20(24)19(30-21(22)29)12-14-7-8-17(18(11-14)27-2)28-13-15-5-4-6-16(10-15)23(25)26/h3-8,10-12H,1,9,13H2,2H3/b19-12+. The monoisotopic (exact) mass is 442 g/mol. The van der Waals surface area contributed by atoms with Gasteiger partial charge >= 0.3 is 0 Å². The topological polar surface area (TPSA) is 81.9 Å². The molecule has 0 spiro atoms. The van der Waals surface area contributed by atoms with Gasteiger partial charge in [-0.2, -0.15) is 0 Å². The first-order chi connectivity index (χ1) is 14.4. The minimum atomic E-state index is -0.448. The van der Waals surface area contributed by atoms with Crippen LogP contribution < -0.4 is 9.47 Å². The summed E-state index contributed by atoms with van der Waals surface area (Å²) in [5.74, 6) is 0.811. The number of methoxy groups -OCH3 is 1. The van der Waals surface area contributed by atoms with Crippen molar-refractivity contribution < 1.29 is 19.2 Å². The van der Waals surface area contributed by atoms with Crippen LogP contribution in [0.2, 0.25) is 0 Å². The maximum Gasteiger partial charge on any atom is 0.269 e. The number of hydrogen-bond donors (Lipinski definition) is 0. The number of nitro benzene ring substituents is 1. The van der Waals surface area contributed by atoms with Crippen molar-refractivity contribution in [3.8, 4) is 11.5 Å². The zero-order valence-corrected chi connectivity index (χ0v) is 17.7. The molecule has 0 saturated carbocycles. The molecule has 0 N–H and O–H groups in total. The van der Waals surface area contributed by atoms with E-state index in [1.165, 1.54) is 35.9 Å². The molecule has 0 aliphatic carbocycles. The molecule has 1 amide bonds. The van der Waals surface area contributed by atoms with Gasteiger partial charge in [-0.3, -0.25) is 19.8 Å². The molecule has 2 aromatic carbocycles. The first kappa shape index (κ1) is 21.5. The number of nitro groups is 1. The third-order valence-electron chi connectivity index (χ3n) is 4.19. The molecule has 0 aromatic heterocycles. The van der Waals surface area contributed by atoms with E-state index in [1.807, 2.05) is 0 Å². The van der Waals surface area contributed by atoms with Crippen LogP contribution in [-0.2, 0) is 11.4 Å². The van der Waals surface area contributed by atoms with Gasteiger partial charge in [-0.25, -0.2) is 0 Å². The summed E-state index contributed by atoms with van der Waals surface area (Å²) in [6.45, 7) is 4.16. The molecular formula is C21H18N2O5S2. The Morgan fingerprint density at radius 1 is 1.27 bits per heavy atom. The molecule has 7 nitrogen and oxygen atoms in total. The predicted molar refractivity (Wildman–Crippen MR) is 120 cm³/mol. The molecule has 1 aliphatic heterocycles. The summed E-state index contributed by atoms with van der Waals surface area (Å²) >= 11 is 6.48. The van der Waals surface area contributed by atoms with Gasteiger partial charge in [0.2, 0.25) is 0 Å². The number of benzene rings is 2. The van der Waals surface area contributed by atoms with Gasteiger partial charge in [0.1, 0.15) is 10.9 Å². The van der Waals surface area contributed by atoms with E-state index in [4.69, 9.17) is 21.7 Å². The van der Waals surface area contributed by atoms with Crippen molar-refractivity contribution in [2.24, 2.45) is 0 Å². The zero-order chi connectivity index (χ0) is 21.7. The van der Waals surface area contributed by atoms with Gasteiger partial charge in [-0.15, -0.1) is 6.58 Å². The molecule has 3 rings (SSSR count). The highest BCUT2D eigenvalue weighted by Gasteiger charge is 2.31. The summed E-state index contributed by atoms with van der Waals surface area (Å²) in [4.78, 5) is 24.9. The van der Waals surface area contributed by atoms with E-state index in [9.17, 15) is 14.9 Å². The van der Waals surface area contributed by atoms with E-state index in [0.29, 0.717) is 32.8 Å². The lowest BCUT2D eigenvalue weighted by molar-refractivity contribution is -0.384. The number of rotatable bonds is 8. The van der Waals surface area contributed by atoms with Gasteiger partial charge in [0, 0.05) is 18.7 Å². The molecule has 1 heterocycles. The van der Waals surface area contributed by atoms with Crippen LogP contribution in [0.15, 0.2) is 60.0 Å². The second-order valence-electron chi connectivity index (χ2n) is 6.21. The van der Waals surface area contributed by atoms with Gasteiger partial charge in [0.25, 0.3) is 11.6 Å². The molecule has 1 aliphatic rings. The second-order valence-corrected chi connectivity index (χ2v) is 7.88. The predicted octanol–water partition coefficient (Wildman–Crippen LogP) is 4.57. The molecule has 9 heteroatoms. The lowest BCUT2D eigenvalue weighted by Gasteiger charge is -2.12. The first-order valence-corrected chi connectivity index (χ1v) is 10.1. The van der Waals surface area contributed by atoms with E-state index in [0.717, 1.165) is 5.56 Å². The van der Waals surface area contributed by atoms with E-state index in [-0.39, 0.29) is 18.2 Å². The van der Waals surface area contributed by atoms with Crippen molar-refractivity contribution in [3.05, 3.63) is 81.3 Å². The molecule has 30 heavy (non-hydrogen) atoms. The van der Waals surface area contributed by atoms with Crippen molar-refractivity contribution in [1.29, 1.82) is 0 Å². The summed E-state index contributed by atoms with van der Waals surface area (Å²) in [6.07, 6.45) is 3.37. The molecular weight excluding hydrogens is 424 g/mol. The normalized spacial score (nSPS) is 14.8. The van der Waals surface area contributed by atoms with Gasteiger partial charge in [-0.1, -0.05) is 48.3 Å². The summed E-state index contributed by atoms with van der Waals surface area (Å²) in [7, 11) is 1.52. The molecule has 154 valence electrons. The van der Waals surface area contributed by atoms with Crippen LogP contribution in [0.25, 0.3) is 6.08 Å². The molecule has 0 radical (unpaired) electrons. The average Bonchev–Trinajstić information content (AvgIpc) is 3.00. The second kappa shape index (κ2) is 9.55. The van der Waals surface area contributed by atoms with E-state index in [1.54, 1.807) is 42.5 Å².